The Bertz CT molecular complexity index is 624. The number of rotatable bonds is 15. The van der Waals surface area contributed by atoms with Crippen molar-refractivity contribution in [1.29, 1.82) is 0 Å². The summed E-state index contributed by atoms with van der Waals surface area (Å²) in [6.07, 6.45) is 1.04. The second-order valence-electron chi connectivity index (χ2n) is 6.17. The molecule has 0 saturated heterocycles. The third-order valence-corrected chi connectivity index (χ3v) is 3.94. The summed E-state index contributed by atoms with van der Waals surface area (Å²) in [6.45, 7) is 8.99. The first kappa shape index (κ1) is 22.2. The van der Waals surface area contributed by atoms with Gasteiger partial charge in [0.05, 0.1) is 39.6 Å². The molecule has 0 bridgehead atoms. The Balaban J connectivity index is 1.57. The van der Waals surface area contributed by atoms with Crippen molar-refractivity contribution in [3.8, 4) is 22.6 Å². The zero-order valence-corrected chi connectivity index (χ0v) is 17.0. The van der Waals surface area contributed by atoms with Gasteiger partial charge in [-0.3, -0.25) is 0 Å². The van der Waals surface area contributed by atoms with Crippen LogP contribution in [-0.2, 0) is 14.2 Å². The third-order valence-electron chi connectivity index (χ3n) is 3.94. The molecule has 0 spiro atoms. The third kappa shape index (κ3) is 8.74. The predicted molar refractivity (Wildman–Crippen MR) is 111 cm³/mol. The SMILES string of the molecule is CCCOCCOCCOCCOc1ccc(-c2ccc(OCC)cc2)cc1. The summed E-state index contributed by atoms with van der Waals surface area (Å²) in [5, 5.41) is 0. The lowest BCUT2D eigenvalue weighted by molar-refractivity contribution is 0.00945. The first-order chi connectivity index (χ1) is 13.8. The number of ether oxygens (including phenoxy) is 5. The monoisotopic (exact) mass is 388 g/mol. The Hall–Kier alpha value is -2.08. The van der Waals surface area contributed by atoms with E-state index in [0.717, 1.165) is 35.7 Å². The molecule has 0 aliphatic rings. The standard InChI is InChI=1S/C23H32O5/c1-3-13-24-14-15-25-16-17-26-18-19-28-23-11-7-21(8-12-23)20-5-9-22(10-6-20)27-4-2/h5-12H,3-4,13-19H2,1-2H3. The summed E-state index contributed by atoms with van der Waals surface area (Å²) in [7, 11) is 0. The molecule has 0 N–H and O–H groups in total. The van der Waals surface area contributed by atoms with E-state index in [4.69, 9.17) is 23.7 Å². The number of benzene rings is 2. The van der Waals surface area contributed by atoms with Crippen molar-refractivity contribution in [2.45, 2.75) is 20.3 Å². The molecule has 0 aromatic heterocycles. The zero-order chi connectivity index (χ0) is 19.9. The Morgan fingerprint density at radius 1 is 0.500 bits per heavy atom. The van der Waals surface area contributed by atoms with Crippen molar-refractivity contribution >= 4 is 0 Å². The average molecular weight is 389 g/mol. The van der Waals surface area contributed by atoms with E-state index in [-0.39, 0.29) is 0 Å². The maximum atomic E-state index is 5.71. The molecule has 5 nitrogen and oxygen atoms in total. The highest BCUT2D eigenvalue weighted by atomic mass is 16.6. The molecule has 28 heavy (non-hydrogen) atoms. The van der Waals surface area contributed by atoms with Crippen LogP contribution in [0.1, 0.15) is 20.3 Å². The molecule has 0 amide bonds. The van der Waals surface area contributed by atoms with Gasteiger partial charge < -0.3 is 23.7 Å². The van der Waals surface area contributed by atoms with E-state index < -0.39 is 0 Å². The van der Waals surface area contributed by atoms with Gasteiger partial charge in [0.25, 0.3) is 0 Å². The lowest BCUT2D eigenvalue weighted by Crippen LogP contribution is -2.12. The minimum atomic E-state index is 0.516. The zero-order valence-electron chi connectivity index (χ0n) is 17.0. The molecule has 0 aliphatic carbocycles. The van der Waals surface area contributed by atoms with Crippen LogP contribution in [0.2, 0.25) is 0 Å². The van der Waals surface area contributed by atoms with Crippen LogP contribution in [0.4, 0.5) is 0 Å². The van der Waals surface area contributed by atoms with Gasteiger partial charge in [0.1, 0.15) is 18.1 Å². The Morgan fingerprint density at radius 2 is 0.929 bits per heavy atom. The molecular weight excluding hydrogens is 356 g/mol. The topological polar surface area (TPSA) is 46.2 Å². The van der Waals surface area contributed by atoms with Gasteiger partial charge in [0.15, 0.2) is 0 Å². The Morgan fingerprint density at radius 3 is 1.39 bits per heavy atom. The summed E-state index contributed by atoms with van der Waals surface area (Å²) in [4.78, 5) is 0. The first-order valence-electron chi connectivity index (χ1n) is 10.0. The van der Waals surface area contributed by atoms with Crippen LogP contribution in [0, 0.1) is 0 Å². The number of hydrogen-bond donors (Lipinski definition) is 0. The largest absolute Gasteiger partial charge is 0.494 e. The van der Waals surface area contributed by atoms with Crippen LogP contribution in [0.25, 0.3) is 11.1 Å². The van der Waals surface area contributed by atoms with Crippen molar-refractivity contribution in [2.75, 3.05) is 52.9 Å². The van der Waals surface area contributed by atoms with E-state index in [1.807, 2.05) is 31.2 Å². The van der Waals surface area contributed by atoms with Gasteiger partial charge in [-0.2, -0.15) is 0 Å². The molecule has 2 aromatic carbocycles. The maximum Gasteiger partial charge on any atom is 0.119 e. The lowest BCUT2D eigenvalue weighted by Gasteiger charge is -2.09. The minimum absolute atomic E-state index is 0.516. The van der Waals surface area contributed by atoms with E-state index in [1.54, 1.807) is 0 Å². The highest BCUT2D eigenvalue weighted by molar-refractivity contribution is 5.64. The average Bonchev–Trinajstić information content (AvgIpc) is 2.73. The van der Waals surface area contributed by atoms with Gasteiger partial charge >= 0.3 is 0 Å². The normalized spacial score (nSPS) is 10.8. The van der Waals surface area contributed by atoms with Crippen molar-refractivity contribution in [3.63, 3.8) is 0 Å². The molecule has 0 saturated carbocycles. The molecular formula is C23H32O5. The molecule has 0 fully saturated rings. The van der Waals surface area contributed by atoms with E-state index >= 15 is 0 Å². The molecule has 2 rings (SSSR count). The minimum Gasteiger partial charge on any atom is -0.494 e. The van der Waals surface area contributed by atoms with Crippen molar-refractivity contribution in [3.05, 3.63) is 48.5 Å². The van der Waals surface area contributed by atoms with Crippen LogP contribution in [-0.4, -0.2) is 52.9 Å². The fourth-order valence-electron chi connectivity index (χ4n) is 2.56. The van der Waals surface area contributed by atoms with Crippen LogP contribution in [0.15, 0.2) is 48.5 Å². The van der Waals surface area contributed by atoms with Gasteiger partial charge in [0, 0.05) is 6.61 Å². The molecule has 0 radical (unpaired) electrons. The molecule has 0 unspecified atom stereocenters. The van der Waals surface area contributed by atoms with E-state index in [0.29, 0.717) is 46.2 Å². The van der Waals surface area contributed by atoms with Crippen LogP contribution in [0.3, 0.4) is 0 Å². The van der Waals surface area contributed by atoms with Gasteiger partial charge in [-0.25, -0.2) is 0 Å². The smallest absolute Gasteiger partial charge is 0.119 e. The summed E-state index contributed by atoms with van der Waals surface area (Å²) in [6, 6.07) is 16.2. The van der Waals surface area contributed by atoms with E-state index in [2.05, 4.69) is 31.2 Å². The molecule has 5 heteroatoms. The highest BCUT2D eigenvalue weighted by Gasteiger charge is 2.00. The van der Waals surface area contributed by atoms with Gasteiger partial charge in [-0.1, -0.05) is 31.2 Å². The fraction of sp³-hybridized carbons (Fsp3) is 0.478. The first-order valence-corrected chi connectivity index (χ1v) is 10.0. The molecule has 2 aromatic rings. The maximum absolute atomic E-state index is 5.71. The fourth-order valence-corrected chi connectivity index (χ4v) is 2.56. The van der Waals surface area contributed by atoms with Crippen LogP contribution < -0.4 is 9.47 Å². The lowest BCUT2D eigenvalue weighted by atomic mass is 10.1. The molecule has 0 heterocycles. The van der Waals surface area contributed by atoms with Crippen LogP contribution in [0.5, 0.6) is 11.5 Å². The summed E-state index contributed by atoms with van der Waals surface area (Å²) < 4.78 is 27.5. The highest BCUT2D eigenvalue weighted by Crippen LogP contribution is 2.24. The van der Waals surface area contributed by atoms with Crippen molar-refractivity contribution in [2.24, 2.45) is 0 Å². The summed E-state index contributed by atoms with van der Waals surface area (Å²) >= 11 is 0. The Labute approximate surface area is 168 Å². The molecule has 154 valence electrons. The van der Waals surface area contributed by atoms with Gasteiger partial charge in [-0.05, 0) is 48.7 Å². The van der Waals surface area contributed by atoms with Crippen molar-refractivity contribution < 1.29 is 23.7 Å². The predicted octanol–water partition coefficient (Wildman–Crippen LogP) is 4.59. The van der Waals surface area contributed by atoms with E-state index in [9.17, 15) is 0 Å². The molecule has 0 atom stereocenters. The second-order valence-corrected chi connectivity index (χ2v) is 6.17. The van der Waals surface area contributed by atoms with Gasteiger partial charge in [-0.15, -0.1) is 0 Å². The van der Waals surface area contributed by atoms with Crippen LogP contribution >= 0.6 is 0 Å². The number of hydrogen-bond acceptors (Lipinski definition) is 5. The Kier molecular flexibility index (Phi) is 11.1. The van der Waals surface area contributed by atoms with E-state index in [1.165, 1.54) is 0 Å². The van der Waals surface area contributed by atoms with Gasteiger partial charge in [0.2, 0.25) is 0 Å². The summed E-state index contributed by atoms with van der Waals surface area (Å²) in [5.41, 5.74) is 2.30. The second kappa shape index (κ2) is 14.0. The molecule has 0 aliphatic heterocycles. The van der Waals surface area contributed by atoms with Crippen molar-refractivity contribution in [1.82, 2.24) is 0 Å². The quantitative estimate of drug-likeness (QED) is 0.418. The summed E-state index contributed by atoms with van der Waals surface area (Å²) in [5.74, 6) is 1.73.